The number of hydrogen-bond donors (Lipinski definition) is 1. The van der Waals surface area contributed by atoms with Gasteiger partial charge in [0.05, 0.1) is 17.8 Å². The highest BCUT2D eigenvalue weighted by atomic mass is 16.2. The minimum atomic E-state index is -0.164. The molecule has 2 aliphatic rings. The van der Waals surface area contributed by atoms with Gasteiger partial charge in [-0.3, -0.25) is 19.4 Å². The summed E-state index contributed by atoms with van der Waals surface area (Å²) in [6, 6.07) is 7.48. The van der Waals surface area contributed by atoms with E-state index in [4.69, 9.17) is 0 Å². The average Bonchev–Trinajstić information content (AvgIpc) is 3.11. The average molecular weight is 287 g/mol. The van der Waals surface area contributed by atoms with Crippen LogP contribution in [0.15, 0.2) is 24.3 Å². The zero-order chi connectivity index (χ0) is 14.8. The highest BCUT2D eigenvalue weighted by Crippen LogP contribution is 2.23. The molecule has 1 fully saturated rings. The van der Waals surface area contributed by atoms with Crippen molar-refractivity contribution in [3.8, 4) is 0 Å². The van der Waals surface area contributed by atoms with Crippen molar-refractivity contribution < 1.29 is 9.59 Å². The van der Waals surface area contributed by atoms with Crippen LogP contribution in [0.1, 0.15) is 40.5 Å². The van der Waals surface area contributed by atoms with Gasteiger partial charge in [-0.15, -0.1) is 0 Å². The van der Waals surface area contributed by atoms with Crippen molar-refractivity contribution in [1.82, 2.24) is 15.1 Å². The van der Waals surface area contributed by atoms with E-state index in [1.54, 1.807) is 24.3 Å². The molecule has 1 saturated heterocycles. The second kappa shape index (κ2) is 5.95. The van der Waals surface area contributed by atoms with Crippen LogP contribution in [-0.2, 0) is 0 Å². The number of nitrogens with zero attached hydrogens (tertiary/aromatic N) is 2. The molecule has 0 saturated carbocycles. The normalized spacial score (nSPS) is 21.4. The predicted octanol–water partition coefficient (Wildman–Crippen LogP) is 1.31. The second-order valence-electron chi connectivity index (χ2n) is 5.68. The van der Waals surface area contributed by atoms with E-state index in [9.17, 15) is 9.59 Å². The summed E-state index contributed by atoms with van der Waals surface area (Å²) >= 11 is 0. The second-order valence-corrected chi connectivity index (χ2v) is 5.68. The first-order chi connectivity index (χ1) is 10.2. The van der Waals surface area contributed by atoms with E-state index in [2.05, 4.69) is 17.1 Å². The molecule has 112 valence electrons. The molecule has 0 bridgehead atoms. The van der Waals surface area contributed by atoms with Crippen molar-refractivity contribution in [3.63, 3.8) is 0 Å². The lowest BCUT2D eigenvalue weighted by Crippen LogP contribution is -2.47. The summed E-state index contributed by atoms with van der Waals surface area (Å²) < 4.78 is 0. The molecule has 1 N–H and O–H groups in total. The molecule has 21 heavy (non-hydrogen) atoms. The van der Waals surface area contributed by atoms with Gasteiger partial charge in [0.1, 0.15) is 0 Å². The molecule has 0 aromatic heterocycles. The van der Waals surface area contributed by atoms with Crippen LogP contribution in [0.2, 0.25) is 0 Å². The number of amides is 2. The third-order valence-electron chi connectivity index (χ3n) is 4.26. The van der Waals surface area contributed by atoms with Crippen molar-refractivity contribution >= 4 is 11.8 Å². The Morgan fingerprint density at radius 2 is 1.90 bits per heavy atom. The van der Waals surface area contributed by atoms with Crippen molar-refractivity contribution in [2.45, 2.75) is 25.8 Å². The fourth-order valence-electron chi connectivity index (χ4n) is 3.16. The number of imide groups is 1. The summed E-state index contributed by atoms with van der Waals surface area (Å²) in [6.45, 7) is 5.36. The number of fused-ring (bicyclic) bond motifs is 1. The Bertz CT molecular complexity index is 517. The summed E-state index contributed by atoms with van der Waals surface area (Å²) in [6.07, 6.45) is 2.09. The summed E-state index contributed by atoms with van der Waals surface area (Å²) in [5.41, 5.74) is 1.06. The zero-order valence-electron chi connectivity index (χ0n) is 12.3. The summed E-state index contributed by atoms with van der Waals surface area (Å²) in [4.78, 5) is 28.5. The van der Waals surface area contributed by atoms with Crippen LogP contribution in [0, 0.1) is 0 Å². The minimum Gasteiger partial charge on any atom is -0.315 e. The molecule has 0 aliphatic carbocycles. The third kappa shape index (κ3) is 2.59. The van der Waals surface area contributed by atoms with Gasteiger partial charge in [0.2, 0.25) is 0 Å². The first-order valence-corrected chi connectivity index (χ1v) is 7.62. The topological polar surface area (TPSA) is 52.7 Å². The van der Waals surface area contributed by atoms with E-state index >= 15 is 0 Å². The van der Waals surface area contributed by atoms with Gasteiger partial charge in [-0.25, -0.2) is 0 Å². The molecule has 1 aromatic rings. The maximum Gasteiger partial charge on any atom is 0.262 e. The first-order valence-electron chi connectivity index (χ1n) is 7.62. The molecular formula is C16H21N3O2. The number of benzene rings is 1. The number of rotatable bonds is 5. The maximum atomic E-state index is 12.4. The van der Waals surface area contributed by atoms with E-state index in [-0.39, 0.29) is 11.8 Å². The molecule has 3 rings (SSSR count). The number of carbonyl (C=O) groups excluding carboxylic acids is 2. The molecule has 2 heterocycles. The molecule has 0 radical (unpaired) electrons. The van der Waals surface area contributed by atoms with Gasteiger partial charge in [-0.05, 0) is 38.1 Å². The predicted molar refractivity (Wildman–Crippen MR) is 80.1 cm³/mol. The van der Waals surface area contributed by atoms with Gasteiger partial charge in [-0.2, -0.15) is 0 Å². The summed E-state index contributed by atoms with van der Waals surface area (Å²) in [7, 11) is 0. The molecule has 5 heteroatoms. The Morgan fingerprint density at radius 1 is 1.24 bits per heavy atom. The molecule has 1 aromatic carbocycles. The van der Waals surface area contributed by atoms with E-state index in [0.29, 0.717) is 23.8 Å². The quantitative estimate of drug-likeness (QED) is 0.830. The SMILES string of the molecule is CCCN(CN1C(=O)c2ccccc2C1=O)C1CCNC1. The number of carbonyl (C=O) groups is 2. The van der Waals surface area contributed by atoms with Crippen molar-refractivity contribution in [1.29, 1.82) is 0 Å². The molecule has 1 unspecified atom stereocenters. The van der Waals surface area contributed by atoms with Gasteiger partial charge in [0, 0.05) is 12.6 Å². The fraction of sp³-hybridized carbons (Fsp3) is 0.500. The smallest absolute Gasteiger partial charge is 0.262 e. The summed E-state index contributed by atoms with van der Waals surface area (Å²) in [5, 5.41) is 3.35. The van der Waals surface area contributed by atoms with E-state index in [1.807, 2.05) is 0 Å². The van der Waals surface area contributed by atoms with Crippen molar-refractivity contribution in [2.75, 3.05) is 26.3 Å². The van der Waals surface area contributed by atoms with Gasteiger partial charge in [0.15, 0.2) is 0 Å². The Hall–Kier alpha value is -1.72. The van der Waals surface area contributed by atoms with Crippen LogP contribution in [0.3, 0.4) is 0 Å². The molecular weight excluding hydrogens is 266 g/mol. The van der Waals surface area contributed by atoms with Crippen molar-refractivity contribution in [3.05, 3.63) is 35.4 Å². The van der Waals surface area contributed by atoms with Crippen LogP contribution in [0.5, 0.6) is 0 Å². The van der Waals surface area contributed by atoms with Gasteiger partial charge in [0.25, 0.3) is 11.8 Å². The van der Waals surface area contributed by atoms with Crippen LogP contribution >= 0.6 is 0 Å². The lowest BCUT2D eigenvalue weighted by Gasteiger charge is -2.31. The Morgan fingerprint density at radius 3 is 2.43 bits per heavy atom. The lowest BCUT2D eigenvalue weighted by molar-refractivity contribution is 0.0494. The van der Waals surface area contributed by atoms with Gasteiger partial charge in [-0.1, -0.05) is 19.1 Å². The number of hydrogen-bond acceptors (Lipinski definition) is 4. The standard InChI is InChI=1S/C16H21N3O2/c1-2-9-18(12-7-8-17-10-12)11-19-15(20)13-5-3-4-6-14(13)16(19)21/h3-6,12,17H,2,7-11H2,1H3. The van der Waals surface area contributed by atoms with E-state index in [1.165, 1.54) is 4.90 Å². The number of nitrogens with one attached hydrogen (secondary N) is 1. The molecule has 2 aliphatic heterocycles. The fourth-order valence-corrected chi connectivity index (χ4v) is 3.16. The Balaban J connectivity index is 1.78. The molecule has 1 atom stereocenters. The zero-order valence-corrected chi connectivity index (χ0v) is 12.3. The van der Waals surface area contributed by atoms with Crippen LogP contribution in [0.4, 0.5) is 0 Å². The summed E-state index contributed by atoms with van der Waals surface area (Å²) in [5.74, 6) is -0.328. The highest BCUT2D eigenvalue weighted by molar-refractivity contribution is 6.21. The first kappa shape index (κ1) is 14.2. The molecule has 2 amide bonds. The highest BCUT2D eigenvalue weighted by Gasteiger charge is 2.37. The molecule has 0 spiro atoms. The lowest BCUT2D eigenvalue weighted by atomic mass is 10.1. The monoisotopic (exact) mass is 287 g/mol. The Labute approximate surface area is 124 Å². The van der Waals surface area contributed by atoms with E-state index < -0.39 is 0 Å². The van der Waals surface area contributed by atoms with E-state index in [0.717, 1.165) is 32.5 Å². The van der Waals surface area contributed by atoms with Gasteiger partial charge < -0.3 is 5.32 Å². The molecule has 5 nitrogen and oxygen atoms in total. The minimum absolute atomic E-state index is 0.164. The van der Waals surface area contributed by atoms with Crippen LogP contribution in [-0.4, -0.2) is 54.0 Å². The van der Waals surface area contributed by atoms with Crippen molar-refractivity contribution in [2.24, 2.45) is 0 Å². The van der Waals surface area contributed by atoms with Crippen LogP contribution in [0.25, 0.3) is 0 Å². The largest absolute Gasteiger partial charge is 0.315 e. The van der Waals surface area contributed by atoms with Crippen LogP contribution < -0.4 is 5.32 Å². The maximum absolute atomic E-state index is 12.4. The van der Waals surface area contributed by atoms with Gasteiger partial charge >= 0.3 is 0 Å². The third-order valence-corrected chi connectivity index (χ3v) is 4.26. The Kier molecular flexibility index (Phi) is 4.03.